The van der Waals surface area contributed by atoms with Gasteiger partial charge in [0.2, 0.25) is 0 Å². The van der Waals surface area contributed by atoms with Crippen molar-refractivity contribution in [2.75, 3.05) is 19.0 Å². The van der Waals surface area contributed by atoms with E-state index in [2.05, 4.69) is 0 Å². The lowest BCUT2D eigenvalue weighted by atomic mass is 10.00. The molecule has 1 aliphatic rings. The van der Waals surface area contributed by atoms with Crippen LogP contribution in [0.4, 0.5) is 0 Å². The van der Waals surface area contributed by atoms with Crippen LogP contribution in [0, 0.1) is 0 Å². The van der Waals surface area contributed by atoms with Gasteiger partial charge in [0, 0.05) is 12.8 Å². The summed E-state index contributed by atoms with van der Waals surface area (Å²) in [4.78, 5) is 24.0. The molecule has 13 heteroatoms. The summed E-state index contributed by atoms with van der Waals surface area (Å²) in [6.45, 7) is 3.22. The molecule has 1 aliphatic heterocycles. The van der Waals surface area contributed by atoms with Gasteiger partial charge in [0.1, 0.15) is 31.0 Å². The smallest absolute Gasteiger partial charge is 0.306 e. The van der Waals surface area contributed by atoms with Crippen molar-refractivity contribution in [2.24, 2.45) is 0 Å². The third kappa shape index (κ3) is 11.9. The summed E-state index contributed by atoms with van der Waals surface area (Å²) in [5.74, 6) is -2.17. The van der Waals surface area contributed by atoms with E-state index in [4.69, 9.17) is 18.9 Å². The second-order valence-electron chi connectivity index (χ2n) is 8.28. The summed E-state index contributed by atoms with van der Waals surface area (Å²) in [5, 5.41) is 30.0. The van der Waals surface area contributed by atoms with E-state index in [0.717, 1.165) is 25.7 Å². The van der Waals surface area contributed by atoms with Crippen LogP contribution in [0.25, 0.3) is 0 Å². The van der Waals surface area contributed by atoms with Crippen molar-refractivity contribution in [3.8, 4) is 0 Å². The topological polar surface area (TPSA) is 189 Å². The Labute approximate surface area is 200 Å². The van der Waals surface area contributed by atoms with Crippen molar-refractivity contribution in [2.45, 2.75) is 102 Å². The molecule has 0 bridgehead atoms. The van der Waals surface area contributed by atoms with Gasteiger partial charge in [-0.2, -0.15) is 0 Å². The summed E-state index contributed by atoms with van der Waals surface area (Å²) in [6.07, 6.45) is -4.68. The predicted molar refractivity (Wildman–Crippen MR) is 116 cm³/mol. The van der Waals surface area contributed by atoms with Crippen LogP contribution in [0.3, 0.4) is 0 Å². The van der Waals surface area contributed by atoms with Gasteiger partial charge in [0.25, 0.3) is 0 Å². The molecule has 0 unspecified atom stereocenters. The molecule has 0 amide bonds. The molecule has 34 heavy (non-hydrogen) atoms. The van der Waals surface area contributed by atoms with E-state index in [0.29, 0.717) is 12.8 Å². The van der Waals surface area contributed by atoms with E-state index in [1.807, 2.05) is 13.8 Å². The lowest BCUT2D eigenvalue weighted by molar-refractivity contribution is -0.297. The lowest BCUT2D eigenvalue weighted by Crippen LogP contribution is -2.60. The minimum absolute atomic E-state index is 0.145. The highest BCUT2D eigenvalue weighted by molar-refractivity contribution is 7.85. The number of rotatable bonds is 16. The Balaban J connectivity index is 2.75. The summed E-state index contributed by atoms with van der Waals surface area (Å²) >= 11 is 0. The quantitative estimate of drug-likeness (QED) is 0.142. The van der Waals surface area contributed by atoms with Gasteiger partial charge in [-0.1, -0.05) is 39.5 Å². The van der Waals surface area contributed by atoms with E-state index >= 15 is 0 Å². The maximum atomic E-state index is 12.1. The van der Waals surface area contributed by atoms with Gasteiger partial charge in [-0.15, -0.1) is 0 Å². The van der Waals surface area contributed by atoms with Crippen LogP contribution in [0.5, 0.6) is 0 Å². The molecule has 200 valence electrons. The van der Waals surface area contributed by atoms with Crippen LogP contribution in [-0.4, -0.2) is 96.0 Å². The number of esters is 2. The first-order chi connectivity index (χ1) is 16.0. The largest absolute Gasteiger partial charge is 0.748 e. The fraction of sp³-hybridized carbons (Fsp3) is 0.905. The zero-order valence-corrected chi connectivity index (χ0v) is 20.5. The van der Waals surface area contributed by atoms with Gasteiger partial charge in [-0.3, -0.25) is 9.59 Å². The van der Waals surface area contributed by atoms with Gasteiger partial charge in [0.15, 0.2) is 12.4 Å². The van der Waals surface area contributed by atoms with Crippen LogP contribution >= 0.6 is 0 Å². The number of carbonyl (C=O) groups is 2. The molecule has 3 N–H and O–H groups in total. The van der Waals surface area contributed by atoms with Gasteiger partial charge < -0.3 is 38.8 Å². The van der Waals surface area contributed by atoms with Gasteiger partial charge in [-0.05, 0) is 12.8 Å². The second-order valence-corrected chi connectivity index (χ2v) is 9.73. The normalized spacial score (nSPS) is 26.1. The average molecular weight is 514 g/mol. The van der Waals surface area contributed by atoms with E-state index < -0.39 is 71.2 Å². The van der Waals surface area contributed by atoms with Crippen molar-refractivity contribution in [1.29, 1.82) is 0 Å². The molecule has 0 radical (unpaired) electrons. The molecular weight excluding hydrogens is 476 g/mol. The molecule has 1 rings (SSSR count). The number of aliphatic hydroxyl groups is 3. The third-order valence-electron chi connectivity index (χ3n) is 5.18. The second kappa shape index (κ2) is 15.6. The monoisotopic (exact) mass is 513 g/mol. The van der Waals surface area contributed by atoms with Crippen molar-refractivity contribution in [3.63, 3.8) is 0 Å². The Kier molecular flexibility index (Phi) is 14.1. The van der Waals surface area contributed by atoms with Gasteiger partial charge >= 0.3 is 11.9 Å². The van der Waals surface area contributed by atoms with Gasteiger partial charge in [0.05, 0.1) is 22.5 Å². The average Bonchev–Trinajstić information content (AvgIpc) is 2.76. The molecule has 1 fully saturated rings. The number of ether oxygens (including phenoxy) is 4. The van der Waals surface area contributed by atoms with Crippen LogP contribution in [0.15, 0.2) is 0 Å². The molecule has 0 aromatic rings. The molecule has 1 saturated heterocycles. The number of hydrogen-bond acceptors (Lipinski definition) is 12. The Bertz CT molecular complexity index is 713. The Hall–Kier alpha value is -1.35. The first-order valence-electron chi connectivity index (χ1n) is 11.6. The van der Waals surface area contributed by atoms with Gasteiger partial charge in [-0.25, -0.2) is 8.42 Å². The predicted octanol–water partition coefficient (Wildman–Crippen LogP) is -0.0286. The van der Waals surface area contributed by atoms with Crippen LogP contribution < -0.4 is 0 Å². The van der Waals surface area contributed by atoms with Crippen LogP contribution in [0.1, 0.15) is 65.2 Å². The molecule has 12 nitrogen and oxygen atoms in total. The highest BCUT2D eigenvalue weighted by Gasteiger charge is 2.45. The summed E-state index contributed by atoms with van der Waals surface area (Å²) in [6, 6.07) is 0. The number of carbonyl (C=O) groups excluding carboxylic acids is 2. The minimum atomic E-state index is -4.82. The van der Waals surface area contributed by atoms with Crippen molar-refractivity contribution >= 4 is 22.1 Å². The minimum Gasteiger partial charge on any atom is -0.748 e. The molecule has 0 aromatic heterocycles. The van der Waals surface area contributed by atoms with Crippen LogP contribution in [-0.2, 0) is 38.7 Å². The SMILES string of the molecule is CCCCCC(=O)OC[C@@H](CO[C@H]1O[C@H](CS(=O)(=O)[O-])[C@@H](O)[C@H](O)[C@H]1O)OC(=O)CCCCC. The van der Waals surface area contributed by atoms with Crippen molar-refractivity contribution in [3.05, 3.63) is 0 Å². The molecular formula is C21H37O12S-. The fourth-order valence-corrected chi connectivity index (χ4v) is 3.93. The third-order valence-corrected chi connectivity index (χ3v) is 5.92. The molecule has 0 aromatic carbocycles. The first kappa shape index (κ1) is 30.7. The van der Waals surface area contributed by atoms with Crippen molar-refractivity contribution in [1.82, 2.24) is 0 Å². The van der Waals surface area contributed by atoms with E-state index in [-0.39, 0.29) is 19.4 Å². The molecule has 6 atom stereocenters. The highest BCUT2D eigenvalue weighted by Crippen LogP contribution is 2.23. The highest BCUT2D eigenvalue weighted by atomic mass is 32.2. The lowest BCUT2D eigenvalue weighted by Gasteiger charge is -2.40. The van der Waals surface area contributed by atoms with E-state index in [1.54, 1.807) is 0 Å². The Morgan fingerprint density at radius 2 is 1.50 bits per heavy atom. The molecule has 0 spiro atoms. The summed E-state index contributed by atoms with van der Waals surface area (Å²) in [5.41, 5.74) is 0. The maximum absolute atomic E-state index is 12.1. The first-order valence-corrected chi connectivity index (χ1v) is 13.2. The molecule has 1 heterocycles. The van der Waals surface area contributed by atoms with E-state index in [1.165, 1.54) is 0 Å². The summed E-state index contributed by atoms with van der Waals surface area (Å²) in [7, 11) is -4.82. The zero-order valence-electron chi connectivity index (χ0n) is 19.7. The Morgan fingerprint density at radius 3 is 2.06 bits per heavy atom. The maximum Gasteiger partial charge on any atom is 0.306 e. The molecule has 0 saturated carbocycles. The Morgan fingerprint density at radius 1 is 0.912 bits per heavy atom. The number of unbranched alkanes of at least 4 members (excludes halogenated alkanes) is 4. The number of hydrogen-bond donors (Lipinski definition) is 3. The molecule has 0 aliphatic carbocycles. The van der Waals surface area contributed by atoms with Crippen LogP contribution in [0.2, 0.25) is 0 Å². The van der Waals surface area contributed by atoms with E-state index in [9.17, 15) is 37.9 Å². The zero-order chi connectivity index (χ0) is 25.7. The fourth-order valence-electron chi connectivity index (χ4n) is 3.25. The standard InChI is InChI=1S/C21H38O12S/c1-3-5-7-9-16(22)30-11-14(32-17(23)10-8-6-4-2)12-31-21-20(26)19(25)18(24)15(33-21)13-34(27,28)29/h14-15,18-21,24-26H,3-13H2,1-2H3,(H,27,28,29)/p-1/t14-,15+,18+,19-,20+,21-/m0/s1. The van der Waals surface area contributed by atoms with Crippen molar-refractivity contribution < 1.29 is 56.8 Å². The number of aliphatic hydroxyl groups excluding tert-OH is 3. The summed E-state index contributed by atoms with van der Waals surface area (Å²) < 4.78 is 54.1.